The van der Waals surface area contributed by atoms with Crippen LogP contribution in [0.25, 0.3) is 0 Å². The Morgan fingerprint density at radius 2 is 1.61 bits per heavy atom. The molecule has 1 aliphatic carbocycles. The zero-order valence-corrected chi connectivity index (χ0v) is 20.6. The van der Waals surface area contributed by atoms with E-state index >= 15 is 0 Å². The van der Waals surface area contributed by atoms with E-state index in [4.69, 9.17) is 9.47 Å². The number of fused-ring (bicyclic) bond motifs is 5. The van der Waals surface area contributed by atoms with Gasteiger partial charge in [0.2, 0.25) is 5.91 Å². The first-order chi connectivity index (χ1) is 17.6. The van der Waals surface area contributed by atoms with Crippen molar-refractivity contribution in [3.8, 4) is 11.5 Å². The van der Waals surface area contributed by atoms with Crippen molar-refractivity contribution in [3.05, 3.63) is 94.0 Å². The summed E-state index contributed by atoms with van der Waals surface area (Å²) in [6, 6.07) is 19.4. The van der Waals surface area contributed by atoms with E-state index in [2.05, 4.69) is 23.5 Å². The number of nitrogens with one attached hydrogen (secondary N) is 1. The van der Waals surface area contributed by atoms with Gasteiger partial charge in [-0.05, 0) is 71.7 Å². The van der Waals surface area contributed by atoms with E-state index in [1.807, 2.05) is 47.4 Å². The van der Waals surface area contributed by atoms with Gasteiger partial charge in [0.05, 0.1) is 32.2 Å². The van der Waals surface area contributed by atoms with Crippen molar-refractivity contribution in [2.24, 2.45) is 0 Å². The number of hydrogen-bond acceptors (Lipinski definition) is 4. The lowest BCUT2D eigenvalue weighted by atomic mass is 9.75. The highest BCUT2D eigenvalue weighted by atomic mass is 16.5. The van der Waals surface area contributed by atoms with Crippen LogP contribution in [0.15, 0.2) is 60.7 Å². The molecule has 3 unspecified atom stereocenters. The van der Waals surface area contributed by atoms with E-state index in [0.29, 0.717) is 30.0 Å². The van der Waals surface area contributed by atoms with E-state index in [1.165, 1.54) is 11.1 Å². The van der Waals surface area contributed by atoms with Gasteiger partial charge in [0.25, 0.3) is 5.91 Å². The molecule has 0 aromatic heterocycles. The van der Waals surface area contributed by atoms with Crippen LogP contribution in [0.1, 0.15) is 69.0 Å². The number of carbonyl (C=O) groups is 2. The molecule has 0 spiro atoms. The van der Waals surface area contributed by atoms with E-state index in [1.54, 1.807) is 14.2 Å². The van der Waals surface area contributed by atoms with Crippen LogP contribution in [0, 0.1) is 0 Å². The van der Waals surface area contributed by atoms with Crippen LogP contribution in [-0.4, -0.2) is 37.5 Å². The van der Waals surface area contributed by atoms with Crippen molar-refractivity contribution < 1.29 is 19.1 Å². The summed E-state index contributed by atoms with van der Waals surface area (Å²) in [7, 11) is 3.23. The summed E-state index contributed by atoms with van der Waals surface area (Å²) in [4.78, 5) is 29.7. The van der Waals surface area contributed by atoms with Gasteiger partial charge in [-0.2, -0.15) is 0 Å². The molecular formula is C30H30N2O4. The maximum atomic E-state index is 14.2. The molecule has 3 aromatic carbocycles. The van der Waals surface area contributed by atoms with Crippen LogP contribution in [0.5, 0.6) is 11.5 Å². The molecule has 36 heavy (non-hydrogen) atoms. The monoisotopic (exact) mass is 482 g/mol. The fraction of sp³-hybridized carbons (Fsp3) is 0.333. The molecule has 6 heteroatoms. The van der Waals surface area contributed by atoms with E-state index in [0.717, 1.165) is 36.0 Å². The largest absolute Gasteiger partial charge is 0.493 e. The van der Waals surface area contributed by atoms with Crippen molar-refractivity contribution in [1.82, 2.24) is 10.2 Å². The number of ether oxygens (including phenoxy) is 2. The molecule has 3 atom stereocenters. The average molecular weight is 483 g/mol. The standard InChI is InChI=1S/C30H30N2O4/c1-35-25-16-19-14-15-32-28(23(19)17-26(25)36-2)27(21-11-5-6-12-22(21)30(32)34)29(33)31-24-13-7-9-18-8-3-4-10-20(18)24/h3-6,8,10-12,16-17,24,27-28H,7,9,13-15H2,1-2H3,(H,31,33). The number of methoxy groups -OCH3 is 2. The molecule has 0 bridgehead atoms. The predicted octanol–water partition coefficient (Wildman–Crippen LogP) is 4.73. The second-order valence-electron chi connectivity index (χ2n) is 9.82. The van der Waals surface area contributed by atoms with E-state index in [9.17, 15) is 9.59 Å². The third-order valence-electron chi connectivity index (χ3n) is 7.99. The van der Waals surface area contributed by atoms with Crippen molar-refractivity contribution in [1.29, 1.82) is 0 Å². The Morgan fingerprint density at radius 1 is 0.889 bits per heavy atom. The minimum absolute atomic E-state index is 0.0249. The molecule has 6 nitrogen and oxygen atoms in total. The fourth-order valence-corrected chi connectivity index (χ4v) is 6.30. The van der Waals surface area contributed by atoms with Gasteiger partial charge in [0.1, 0.15) is 0 Å². The molecule has 1 N–H and O–H groups in total. The van der Waals surface area contributed by atoms with Gasteiger partial charge < -0.3 is 19.7 Å². The molecule has 0 saturated heterocycles. The number of benzene rings is 3. The molecule has 184 valence electrons. The van der Waals surface area contributed by atoms with Crippen molar-refractivity contribution in [2.75, 3.05) is 20.8 Å². The summed E-state index contributed by atoms with van der Waals surface area (Å²) in [5.41, 5.74) is 5.93. The molecular weight excluding hydrogens is 452 g/mol. The predicted molar refractivity (Wildman–Crippen MR) is 136 cm³/mol. The fourth-order valence-electron chi connectivity index (χ4n) is 6.30. The molecule has 3 aliphatic rings. The minimum atomic E-state index is -0.523. The summed E-state index contributed by atoms with van der Waals surface area (Å²) >= 11 is 0. The second kappa shape index (κ2) is 9.01. The van der Waals surface area contributed by atoms with Gasteiger partial charge >= 0.3 is 0 Å². The number of nitrogens with zero attached hydrogens (tertiary/aromatic N) is 1. The SMILES string of the molecule is COc1cc2c(cc1OC)C1C(C(=O)NC3CCCc4ccccc43)c3ccccc3C(=O)N1CC2. The summed E-state index contributed by atoms with van der Waals surface area (Å²) in [6.07, 6.45) is 3.68. The molecule has 0 fully saturated rings. The summed E-state index contributed by atoms with van der Waals surface area (Å²) < 4.78 is 11.1. The summed E-state index contributed by atoms with van der Waals surface area (Å²) in [5.74, 6) is 0.666. The number of amides is 2. The Morgan fingerprint density at radius 3 is 2.42 bits per heavy atom. The Kier molecular flexibility index (Phi) is 5.67. The lowest BCUT2D eigenvalue weighted by Gasteiger charge is -2.45. The first-order valence-corrected chi connectivity index (χ1v) is 12.6. The molecule has 2 heterocycles. The maximum Gasteiger partial charge on any atom is 0.254 e. The highest BCUT2D eigenvalue weighted by Crippen LogP contribution is 2.48. The molecule has 2 aliphatic heterocycles. The molecule has 0 radical (unpaired) electrons. The quantitative estimate of drug-likeness (QED) is 0.584. The van der Waals surface area contributed by atoms with Crippen LogP contribution in [-0.2, 0) is 17.6 Å². The lowest BCUT2D eigenvalue weighted by Crippen LogP contribution is -2.50. The van der Waals surface area contributed by atoms with Crippen LogP contribution in [0.4, 0.5) is 0 Å². The maximum absolute atomic E-state index is 14.2. The topological polar surface area (TPSA) is 67.9 Å². The normalized spacial score (nSPS) is 22.0. The minimum Gasteiger partial charge on any atom is -0.493 e. The zero-order chi connectivity index (χ0) is 24.8. The van der Waals surface area contributed by atoms with Crippen molar-refractivity contribution >= 4 is 11.8 Å². The number of hydrogen-bond donors (Lipinski definition) is 1. The Labute approximate surface area is 211 Å². The molecule has 0 saturated carbocycles. The van der Waals surface area contributed by atoms with Gasteiger partial charge in [0, 0.05) is 12.1 Å². The van der Waals surface area contributed by atoms with Crippen LogP contribution in [0.2, 0.25) is 0 Å². The van der Waals surface area contributed by atoms with Gasteiger partial charge in [-0.25, -0.2) is 0 Å². The van der Waals surface area contributed by atoms with Gasteiger partial charge in [-0.1, -0.05) is 42.5 Å². The first-order valence-electron chi connectivity index (χ1n) is 12.6. The van der Waals surface area contributed by atoms with Crippen LogP contribution in [0.3, 0.4) is 0 Å². The Bertz CT molecular complexity index is 1350. The Balaban J connectivity index is 1.45. The van der Waals surface area contributed by atoms with Gasteiger partial charge in [-0.3, -0.25) is 9.59 Å². The van der Waals surface area contributed by atoms with E-state index in [-0.39, 0.29) is 17.9 Å². The van der Waals surface area contributed by atoms with Crippen LogP contribution < -0.4 is 14.8 Å². The zero-order valence-electron chi connectivity index (χ0n) is 20.6. The van der Waals surface area contributed by atoms with Crippen LogP contribution >= 0.6 is 0 Å². The molecule has 2 amide bonds. The molecule has 6 rings (SSSR count). The van der Waals surface area contributed by atoms with Gasteiger partial charge in [-0.15, -0.1) is 0 Å². The highest BCUT2D eigenvalue weighted by Gasteiger charge is 2.47. The van der Waals surface area contributed by atoms with Crippen molar-refractivity contribution in [3.63, 3.8) is 0 Å². The number of carbonyl (C=O) groups excluding carboxylic acids is 2. The summed E-state index contributed by atoms with van der Waals surface area (Å²) in [5, 5.41) is 3.38. The third-order valence-corrected chi connectivity index (χ3v) is 7.99. The highest BCUT2D eigenvalue weighted by molar-refractivity contribution is 6.01. The number of rotatable bonds is 4. The smallest absolute Gasteiger partial charge is 0.254 e. The molecule has 3 aromatic rings. The van der Waals surface area contributed by atoms with Crippen molar-refractivity contribution in [2.45, 2.75) is 43.7 Å². The average Bonchev–Trinajstić information content (AvgIpc) is 2.92. The summed E-state index contributed by atoms with van der Waals surface area (Å²) in [6.45, 7) is 0.552. The second-order valence-corrected chi connectivity index (χ2v) is 9.82. The number of aryl methyl sites for hydroxylation is 1. The third kappa shape index (κ3) is 3.55. The van der Waals surface area contributed by atoms with Gasteiger partial charge in [0.15, 0.2) is 11.5 Å². The van der Waals surface area contributed by atoms with E-state index < -0.39 is 12.0 Å². The Hall–Kier alpha value is -3.80. The first kappa shape index (κ1) is 22.7. The lowest BCUT2D eigenvalue weighted by molar-refractivity contribution is -0.125.